The third kappa shape index (κ3) is 5.83. The Labute approximate surface area is 222 Å². The van der Waals surface area contributed by atoms with E-state index in [0.717, 1.165) is 47.6 Å². The van der Waals surface area contributed by atoms with Crippen LogP contribution in [0, 0.1) is 13.8 Å². The number of carbonyl (C=O) groups is 2. The summed E-state index contributed by atoms with van der Waals surface area (Å²) in [5.41, 5.74) is 8.26. The first-order valence-corrected chi connectivity index (χ1v) is 12.7. The highest BCUT2D eigenvalue weighted by Crippen LogP contribution is 2.30. The summed E-state index contributed by atoms with van der Waals surface area (Å²) in [6.45, 7) is 5.86. The summed E-state index contributed by atoms with van der Waals surface area (Å²) in [5.74, 6) is -0.207. The number of fused-ring (bicyclic) bond motifs is 1. The highest BCUT2D eigenvalue weighted by molar-refractivity contribution is 6.04. The summed E-state index contributed by atoms with van der Waals surface area (Å²) in [6, 6.07) is 23.2. The molecular weight excluding hydrogens is 474 g/mol. The molecule has 0 aliphatic carbocycles. The SMILES string of the molecule is Cc1ccc(NC(=O)Nc2ccc(N3CCc4ccccc4C3)c(C(=O)NCc3cccnc3)c2)c(C)c1. The van der Waals surface area contributed by atoms with Crippen LogP contribution in [0.4, 0.5) is 21.9 Å². The number of aryl methyl sites for hydroxylation is 2. The fourth-order valence-electron chi connectivity index (χ4n) is 4.79. The molecule has 3 N–H and O–H groups in total. The van der Waals surface area contributed by atoms with Gasteiger partial charge in [0.2, 0.25) is 0 Å². The number of rotatable bonds is 6. The molecule has 0 bridgehead atoms. The molecule has 1 aliphatic rings. The molecule has 3 aromatic carbocycles. The third-order valence-electron chi connectivity index (χ3n) is 6.78. The molecule has 38 heavy (non-hydrogen) atoms. The molecule has 2 heterocycles. The van der Waals surface area contributed by atoms with Gasteiger partial charge >= 0.3 is 6.03 Å². The minimum Gasteiger partial charge on any atom is -0.366 e. The van der Waals surface area contributed by atoms with E-state index >= 15 is 0 Å². The van der Waals surface area contributed by atoms with Crippen molar-refractivity contribution in [3.63, 3.8) is 0 Å². The number of carbonyl (C=O) groups excluding carboxylic acids is 2. The number of pyridine rings is 1. The quantitative estimate of drug-likeness (QED) is 0.308. The Morgan fingerprint density at radius 3 is 2.55 bits per heavy atom. The summed E-state index contributed by atoms with van der Waals surface area (Å²) in [6.07, 6.45) is 4.35. The monoisotopic (exact) mass is 505 g/mol. The van der Waals surface area contributed by atoms with Gasteiger partial charge in [-0.1, -0.05) is 48.0 Å². The largest absolute Gasteiger partial charge is 0.366 e. The van der Waals surface area contributed by atoms with Crippen LogP contribution in [-0.2, 0) is 19.5 Å². The lowest BCUT2D eigenvalue weighted by atomic mass is 9.98. The van der Waals surface area contributed by atoms with E-state index in [1.807, 2.05) is 62.4 Å². The van der Waals surface area contributed by atoms with E-state index < -0.39 is 0 Å². The van der Waals surface area contributed by atoms with Gasteiger partial charge in [-0.15, -0.1) is 0 Å². The molecule has 7 nitrogen and oxygen atoms in total. The predicted octanol–water partition coefficient (Wildman–Crippen LogP) is 5.84. The maximum absolute atomic E-state index is 13.4. The molecular formula is C31H31N5O2. The molecule has 3 amide bonds. The molecule has 7 heteroatoms. The molecule has 5 rings (SSSR count). The average molecular weight is 506 g/mol. The van der Waals surface area contributed by atoms with Crippen LogP contribution < -0.4 is 20.9 Å². The van der Waals surface area contributed by atoms with E-state index in [9.17, 15) is 9.59 Å². The third-order valence-corrected chi connectivity index (χ3v) is 6.78. The topological polar surface area (TPSA) is 86.4 Å². The number of hydrogen-bond acceptors (Lipinski definition) is 4. The number of urea groups is 1. The maximum Gasteiger partial charge on any atom is 0.323 e. The highest BCUT2D eigenvalue weighted by Gasteiger charge is 2.22. The van der Waals surface area contributed by atoms with Gasteiger partial charge in [-0.25, -0.2) is 4.79 Å². The zero-order valence-corrected chi connectivity index (χ0v) is 21.6. The van der Waals surface area contributed by atoms with Gasteiger partial charge in [-0.05, 0) is 72.9 Å². The van der Waals surface area contributed by atoms with Gasteiger partial charge in [-0.2, -0.15) is 0 Å². The summed E-state index contributed by atoms with van der Waals surface area (Å²) in [7, 11) is 0. The molecule has 0 atom stereocenters. The molecule has 0 unspecified atom stereocenters. The predicted molar refractivity (Wildman–Crippen MR) is 152 cm³/mol. The van der Waals surface area contributed by atoms with Crippen LogP contribution in [-0.4, -0.2) is 23.5 Å². The molecule has 0 fully saturated rings. The fourth-order valence-corrected chi connectivity index (χ4v) is 4.79. The van der Waals surface area contributed by atoms with Crippen molar-refractivity contribution in [2.45, 2.75) is 33.4 Å². The Balaban J connectivity index is 1.38. The summed E-state index contributed by atoms with van der Waals surface area (Å²) in [4.78, 5) is 32.6. The summed E-state index contributed by atoms with van der Waals surface area (Å²) in [5, 5.41) is 8.80. The van der Waals surface area contributed by atoms with E-state index in [1.54, 1.807) is 18.5 Å². The second-order valence-electron chi connectivity index (χ2n) is 9.61. The van der Waals surface area contributed by atoms with Crippen molar-refractivity contribution >= 4 is 29.0 Å². The van der Waals surface area contributed by atoms with Gasteiger partial charge in [0.05, 0.1) is 5.56 Å². The first-order chi connectivity index (χ1) is 18.5. The Kier molecular flexibility index (Phi) is 7.35. The van der Waals surface area contributed by atoms with E-state index in [-0.39, 0.29) is 11.9 Å². The molecule has 1 aliphatic heterocycles. The second-order valence-corrected chi connectivity index (χ2v) is 9.61. The van der Waals surface area contributed by atoms with Gasteiger partial charge < -0.3 is 20.9 Å². The molecule has 0 saturated heterocycles. The second kappa shape index (κ2) is 11.2. The minimum absolute atomic E-state index is 0.207. The lowest BCUT2D eigenvalue weighted by Gasteiger charge is -2.32. The van der Waals surface area contributed by atoms with Crippen molar-refractivity contribution in [3.8, 4) is 0 Å². The van der Waals surface area contributed by atoms with Crippen LogP contribution in [0.5, 0.6) is 0 Å². The first-order valence-electron chi connectivity index (χ1n) is 12.7. The van der Waals surface area contributed by atoms with E-state index in [0.29, 0.717) is 17.8 Å². The Morgan fingerprint density at radius 1 is 0.921 bits per heavy atom. The summed E-state index contributed by atoms with van der Waals surface area (Å²) >= 11 is 0. The van der Waals surface area contributed by atoms with Crippen LogP contribution in [0.25, 0.3) is 0 Å². The highest BCUT2D eigenvalue weighted by atomic mass is 16.2. The number of anilines is 3. The van der Waals surface area contributed by atoms with Crippen molar-refractivity contribution in [3.05, 3.63) is 119 Å². The molecule has 0 radical (unpaired) electrons. The van der Waals surface area contributed by atoms with Crippen molar-refractivity contribution in [2.24, 2.45) is 0 Å². The maximum atomic E-state index is 13.4. The zero-order valence-electron chi connectivity index (χ0n) is 21.6. The number of benzene rings is 3. The fraction of sp³-hybridized carbons (Fsp3) is 0.194. The molecule has 4 aromatic rings. The van der Waals surface area contributed by atoms with Crippen LogP contribution in [0.3, 0.4) is 0 Å². The van der Waals surface area contributed by atoms with Gasteiger partial charge in [-0.3, -0.25) is 9.78 Å². The zero-order chi connectivity index (χ0) is 26.5. The van der Waals surface area contributed by atoms with Crippen molar-refractivity contribution < 1.29 is 9.59 Å². The average Bonchev–Trinajstić information content (AvgIpc) is 2.93. The number of aromatic nitrogens is 1. The molecule has 0 saturated carbocycles. The Morgan fingerprint density at radius 2 is 1.76 bits per heavy atom. The van der Waals surface area contributed by atoms with E-state index in [1.165, 1.54) is 11.1 Å². The van der Waals surface area contributed by atoms with Crippen LogP contribution in [0.15, 0.2) is 85.2 Å². The van der Waals surface area contributed by atoms with Gasteiger partial charge in [0.15, 0.2) is 0 Å². The van der Waals surface area contributed by atoms with E-state index in [4.69, 9.17) is 0 Å². The molecule has 1 aromatic heterocycles. The minimum atomic E-state index is -0.363. The molecule has 0 spiro atoms. The van der Waals surface area contributed by atoms with Gasteiger partial charge in [0.25, 0.3) is 5.91 Å². The van der Waals surface area contributed by atoms with Crippen LogP contribution in [0.2, 0.25) is 0 Å². The van der Waals surface area contributed by atoms with Crippen molar-refractivity contribution in [2.75, 3.05) is 22.1 Å². The number of hydrogen-bond donors (Lipinski definition) is 3. The lowest BCUT2D eigenvalue weighted by molar-refractivity contribution is 0.0951. The number of amides is 3. The smallest absolute Gasteiger partial charge is 0.323 e. The molecule has 192 valence electrons. The Bertz CT molecular complexity index is 1470. The van der Waals surface area contributed by atoms with Gasteiger partial charge in [0, 0.05) is 49.1 Å². The standard InChI is InChI=1S/C31H31N5O2/c1-21-9-11-28(22(2)16-21)35-31(38)34-26-10-12-29(36-15-13-24-7-3-4-8-25(24)20-36)27(17-26)30(37)33-19-23-6-5-14-32-18-23/h3-12,14,16-18H,13,15,19-20H2,1-2H3,(H,33,37)(H2,34,35,38). The van der Waals surface area contributed by atoms with Gasteiger partial charge in [0.1, 0.15) is 0 Å². The summed E-state index contributed by atoms with van der Waals surface area (Å²) < 4.78 is 0. The normalized spacial score (nSPS) is 12.4. The van der Waals surface area contributed by atoms with Crippen LogP contribution in [0.1, 0.15) is 38.2 Å². The number of nitrogens with one attached hydrogen (secondary N) is 3. The number of nitrogens with zero attached hydrogens (tertiary/aromatic N) is 2. The van der Waals surface area contributed by atoms with Crippen molar-refractivity contribution in [1.82, 2.24) is 10.3 Å². The van der Waals surface area contributed by atoms with E-state index in [2.05, 4.69) is 44.0 Å². The Hall–Kier alpha value is -4.65. The van der Waals surface area contributed by atoms with Crippen molar-refractivity contribution in [1.29, 1.82) is 0 Å². The lowest BCUT2D eigenvalue weighted by Crippen LogP contribution is -2.33. The first kappa shape index (κ1) is 25.0. The van der Waals surface area contributed by atoms with Crippen LogP contribution >= 0.6 is 0 Å².